The van der Waals surface area contributed by atoms with Crippen LogP contribution in [0.15, 0.2) is 24.3 Å². The molecule has 0 bridgehead atoms. The number of likely N-dealkylation sites (tertiary alicyclic amines) is 1. The van der Waals surface area contributed by atoms with Gasteiger partial charge in [0.2, 0.25) is 5.91 Å². The molecule has 22 heavy (non-hydrogen) atoms. The number of hydrogen-bond acceptors (Lipinski definition) is 2. The van der Waals surface area contributed by atoms with Crippen molar-refractivity contribution in [3.05, 3.63) is 35.4 Å². The first-order valence-corrected chi connectivity index (χ1v) is 7.49. The van der Waals surface area contributed by atoms with E-state index in [1.54, 1.807) is 11.0 Å². The Balaban J connectivity index is 1.83. The van der Waals surface area contributed by atoms with Crippen molar-refractivity contribution in [1.29, 1.82) is 0 Å². The van der Waals surface area contributed by atoms with E-state index in [-0.39, 0.29) is 18.9 Å². The van der Waals surface area contributed by atoms with Gasteiger partial charge in [-0.05, 0) is 42.9 Å². The third kappa shape index (κ3) is 3.27. The van der Waals surface area contributed by atoms with E-state index >= 15 is 0 Å². The van der Waals surface area contributed by atoms with Gasteiger partial charge in [0.1, 0.15) is 0 Å². The van der Waals surface area contributed by atoms with Crippen molar-refractivity contribution >= 4 is 5.91 Å². The van der Waals surface area contributed by atoms with Crippen LogP contribution in [0.2, 0.25) is 0 Å². The average Bonchev–Trinajstić information content (AvgIpc) is 3.17. The summed E-state index contributed by atoms with van der Waals surface area (Å²) in [5.41, 5.74) is -0.281. The number of halogens is 3. The van der Waals surface area contributed by atoms with Crippen LogP contribution in [-0.2, 0) is 11.0 Å². The number of β-amino-alcohol motifs (C(OH)–C–C–N with tert-alkyl or cyclic N) is 1. The first-order valence-electron chi connectivity index (χ1n) is 7.49. The third-order valence-corrected chi connectivity index (χ3v) is 4.36. The van der Waals surface area contributed by atoms with E-state index in [9.17, 15) is 23.1 Å². The number of rotatable bonds is 3. The van der Waals surface area contributed by atoms with E-state index in [2.05, 4.69) is 0 Å². The Kier molecular flexibility index (Phi) is 3.89. The minimum Gasteiger partial charge on any atom is -0.391 e. The number of amides is 1. The molecule has 6 heteroatoms. The number of aliphatic hydroxyl groups is 1. The maximum atomic E-state index is 12.8. The molecule has 1 aliphatic carbocycles. The predicted molar refractivity (Wildman–Crippen MR) is 73.9 cm³/mol. The molecule has 2 aliphatic rings. The summed E-state index contributed by atoms with van der Waals surface area (Å²) in [7, 11) is 0. The molecule has 0 radical (unpaired) electrons. The van der Waals surface area contributed by atoms with Crippen LogP contribution in [0.3, 0.4) is 0 Å². The second-order valence-electron chi connectivity index (χ2n) is 6.22. The summed E-state index contributed by atoms with van der Waals surface area (Å²) in [6.07, 6.45) is -2.29. The fourth-order valence-corrected chi connectivity index (χ4v) is 3.01. The molecular formula is C16H18F3NO2. The Morgan fingerprint density at radius 3 is 2.68 bits per heavy atom. The molecule has 0 aromatic heterocycles. The van der Waals surface area contributed by atoms with E-state index in [0.717, 1.165) is 25.0 Å². The Morgan fingerprint density at radius 1 is 1.32 bits per heavy atom. The Bertz CT molecular complexity index is 569. The van der Waals surface area contributed by atoms with Crippen LogP contribution in [0.4, 0.5) is 13.2 Å². The maximum absolute atomic E-state index is 12.8. The Labute approximate surface area is 126 Å². The topological polar surface area (TPSA) is 40.5 Å². The minimum atomic E-state index is -4.41. The van der Waals surface area contributed by atoms with Crippen molar-refractivity contribution < 1.29 is 23.1 Å². The summed E-state index contributed by atoms with van der Waals surface area (Å²) in [4.78, 5) is 13.8. The highest BCUT2D eigenvalue weighted by Gasteiger charge is 2.38. The molecule has 1 amide bonds. The standard InChI is InChI=1S/C16H18F3NO2/c17-16(18,19)12-3-1-2-11(7-12)14-8-13(21)9-20(14)15(22)6-10-4-5-10/h1-3,7,10,13-14,21H,4-6,8-9H2. The molecular weight excluding hydrogens is 295 g/mol. The molecule has 1 heterocycles. The van der Waals surface area contributed by atoms with Crippen LogP contribution in [0.5, 0.6) is 0 Å². The lowest BCUT2D eigenvalue weighted by Crippen LogP contribution is -2.32. The summed E-state index contributed by atoms with van der Waals surface area (Å²) in [6, 6.07) is 4.58. The van der Waals surface area contributed by atoms with Crippen LogP contribution in [0.25, 0.3) is 0 Å². The van der Waals surface area contributed by atoms with Crippen LogP contribution in [-0.4, -0.2) is 28.6 Å². The quantitative estimate of drug-likeness (QED) is 0.931. The number of carbonyl (C=O) groups is 1. The van der Waals surface area contributed by atoms with Gasteiger partial charge in [0.25, 0.3) is 0 Å². The molecule has 0 spiro atoms. The Hall–Kier alpha value is -1.56. The summed E-state index contributed by atoms with van der Waals surface area (Å²) in [5, 5.41) is 9.84. The third-order valence-electron chi connectivity index (χ3n) is 4.36. The van der Waals surface area contributed by atoms with Crippen molar-refractivity contribution in [2.24, 2.45) is 5.92 Å². The second-order valence-corrected chi connectivity index (χ2v) is 6.22. The van der Waals surface area contributed by atoms with Gasteiger partial charge in [0, 0.05) is 13.0 Å². The zero-order chi connectivity index (χ0) is 15.9. The van der Waals surface area contributed by atoms with Crippen molar-refractivity contribution in [2.75, 3.05) is 6.54 Å². The molecule has 1 saturated heterocycles. The number of aliphatic hydroxyl groups excluding tert-OH is 1. The van der Waals surface area contributed by atoms with Gasteiger partial charge >= 0.3 is 6.18 Å². The minimum absolute atomic E-state index is 0.0681. The normalized spacial score (nSPS) is 25.5. The SMILES string of the molecule is O=C(CC1CC1)N1CC(O)CC1c1cccc(C(F)(F)F)c1. The van der Waals surface area contributed by atoms with Crippen molar-refractivity contribution in [2.45, 2.75) is 44.0 Å². The number of hydrogen-bond donors (Lipinski definition) is 1. The molecule has 2 fully saturated rings. The highest BCUT2D eigenvalue weighted by atomic mass is 19.4. The summed E-state index contributed by atoms with van der Waals surface area (Å²) >= 11 is 0. The highest BCUT2D eigenvalue weighted by Crippen LogP contribution is 2.39. The van der Waals surface area contributed by atoms with Crippen LogP contribution >= 0.6 is 0 Å². The van der Waals surface area contributed by atoms with E-state index < -0.39 is 23.9 Å². The molecule has 120 valence electrons. The maximum Gasteiger partial charge on any atom is 0.416 e. The van der Waals surface area contributed by atoms with Crippen LogP contribution in [0, 0.1) is 5.92 Å². The number of alkyl halides is 3. The Morgan fingerprint density at radius 2 is 2.05 bits per heavy atom. The zero-order valence-corrected chi connectivity index (χ0v) is 12.0. The summed E-state index contributed by atoms with van der Waals surface area (Å²) in [5.74, 6) is 0.342. The highest BCUT2D eigenvalue weighted by molar-refractivity contribution is 5.77. The lowest BCUT2D eigenvalue weighted by atomic mass is 10.0. The molecule has 3 rings (SSSR count). The monoisotopic (exact) mass is 313 g/mol. The van der Waals surface area contributed by atoms with E-state index in [1.165, 1.54) is 6.07 Å². The number of carbonyl (C=O) groups excluding carboxylic acids is 1. The van der Waals surface area contributed by atoms with E-state index in [4.69, 9.17) is 0 Å². The van der Waals surface area contributed by atoms with Gasteiger partial charge in [-0.25, -0.2) is 0 Å². The smallest absolute Gasteiger partial charge is 0.391 e. The largest absolute Gasteiger partial charge is 0.416 e. The summed E-state index contributed by atoms with van der Waals surface area (Å²) < 4.78 is 38.5. The fourth-order valence-electron chi connectivity index (χ4n) is 3.01. The molecule has 1 aromatic carbocycles. The van der Waals surface area contributed by atoms with E-state index in [0.29, 0.717) is 17.9 Å². The van der Waals surface area contributed by atoms with Gasteiger partial charge in [-0.15, -0.1) is 0 Å². The first-order chi connectivity index (χ1) is 10.3. The van der Waals surface area contributed by atoms with Crippen molar-refractivity contribution in [3.63, 3.8) is 0 Å². The van der Waals surface area contributed by atoms with Gasteiger partial charge in [-0.1, -0.05) is 12.1 Å². The van der Waals surface area contributed by atoms with Crippen molar-refractivity contribution in [3.8, 4) is 0 Å². The lowest BCUT2D eigenvalue weighted by Gasteiger charge is -2.25. The van der Waals surface area contributed by atoms with Gasteiger partial charge in [0.05, 0.1) is 17.7 Å². The lowest BCUT2D eigenvalue weighted by molar-refractivity contribution is -0.137. The summed E-state index contributed by atoms with van der Waals surface area (Å²) in [6.45, 7) is 0.201. The van der Waals surface area contributed by atoms with Crippen molar-refractivity contribution in [1.82, 2.24) is 4.90 Å². The van der Waals surface area contributed by atoms with Gasteiger partial charge in [0.15, 0.2) is 0 Å². The predicted octanol–water partition coefficient (Wildman–Crippen LogP) is 3.14. The first kappa shape index (κ1) is 15.3. The van der Waals surface area contributed by atoms with Gasteiger partial charge in [-0.2, -0.15) is 13.2 Å². The van der Waals surface area contributed by atoms with Gasteiger partial charge < -0.3 is 10.0 Å². The fraction of sp³-hybridized carbons (Fsp3) is 0.562. The molecule has 1 saturated carbocycles. The number of benzene rings is 1. The average molecular weight is 313 g/mol. The molecule has 1 N–H and O–H groups in total. The van der Waals surface area contributed by atoms with E-state index in [1.807, 2.05) is 0 Å². The molecule has 1 aromatic rings. The van der Waals surface area contributed by atoms with Gasteiger partial charge in [-0.3, -0.25) is 4.79 Å². The van der Waals surface area contributed by atoms with Crippen LogP contribution < -0.4 is 0 Å². The molecule has 1 aliphatic heterocycles. The molecule has 3 nitrogen and oxygen atoms in total. The number of nitrogens with zero attached hydrogens (tertiary/aromatic N) is 1. The zero-order valence-electron chi connectivity index (χ0n) is 12.0. The molecule has 2 unspecified atom stereocenters. The molecule has 2 atom stereocenters. The second kappa shape index (κ2) is 5.57. The van der Waals surface area contributed by atoms with Crippen LogP contribution in [0.1, 0.15) is 42.9 Å².